The van der Waals surface area contributed by atoms with E-state index in [-0.39, 0.29) is 6.10 Å². The summed E-state index contributed by atoms with van der Waals surface area (Å²) in [7, 11) is 1.57. The number of methoxy groups -OCH3 is 1. The molecule has 1 aromatic carbocycles. The molecule has 1 heterocycles. The van der Waals surface area contributed by atoms with Crippen LogP contribution in [-0.2, 0) is 14.9 Å². The first kappa shape index (κ1) is 14.2. The molecule has 0 amide bonds. The Hall–Kier alpha value is -1.75. The van der Waals surface area contributed by atoms with Crippen LogP contribution in [0.25, 0.3) is 0 Å². The van der Waals surface area contributed by atoms with Crippen molar-refractivity contribution in [2.45, 2.75) is 37.2 Å². The summed E-state index contributed by atoms with van der Waals surface area (Å²) < 4.78 is 16.9. The summed E-state index contributed by atoms with van der Waals surface area (Å²) in [6.07, 6.45) is 3.12. The number of carboxylic acids is 1. The second-order valence-electron chi connectivity index (χ2n) is 5.68. The summed E-state index contributed by atoms with van der Waals surface area (Å²) in [5.41, 5.74) is -0.0840. The van der Waals surface area contributed by atoms with Gasteiger partial charge in [0.25, 0.3) is 0 Å². The summed E-state index contributed by atoms with van der Waals surface area (Å²) in [6, 6.07) is 5.46. The van der Waals surface area contributed by atoms with Crippen molar-refractivity contribution in [1.29, 1.82) is 0 Å². The number of hydrogen-bond acceptors (Lipinski definition) is 4. The zero-order valence-corrected chi connectivity index (χ0v) is 12.1. The Bertz CT molecular complexity index is 529. The van der Waals surface area contributed by atoms with Gasteiger partial charge in [-0.1, -0.05) is 12.1 Å². The molecule has 5 heteroatoms. The van der Waals surface area contributed by atoms with Gasteiger partial charge in [-0.25, -0.2) is 0 Å². The van der Waals surface area contributed by atoms with Gasteiger partial charge < -0.3 is 19.3 Å². The highest BCUT2D eigenvalue weighted by Gasteiger charge is 2.54. The minimum atomic E-state index is -0.806. The molecule has 5 nitrogen and oxygen atoms in total. The van der Waals surface area contributed by atoms with E-state index in [1.165, 1.54) is 0 Å². The number of benzene rings is 1. The number of rotatable bonds is 5. The predicted octanol–water partition coefficient (Wildman–Crippen LogP) is 2.37. The predicted molar refractivity (Wildman–Crippen MR) is 76.0 cm³/mol. The molecule has 1 aliphatic heterocycles. The lowest BCUT2D eigenvalue weighted by molar-refractivity contribution is -0.140. The molecule has 1 atom stereocenters. The topological polar surface area (TPSA) is 65.0 Å². The fraction of sp³-hybridized carbons (Fsp3) is 0.562. The lowest BCUT2D eigenvalue weighted by atomic mass is 9.94. The number of carbonyl (C=O) groups is 1. The molecule has 1 aromatic rings. The quantitative estimate of drug-likeness (QED) is 0.902. The van der Waals surface area contributed by atoms with Gasteiger partial charge in [-0.15, -0.1) is 0 Å². The summed E-state index contributed by atoms with van der Waals surface area (Å²) in [5.74, 6) is 0.362. The minimum absolute atomic E-state index is 0.0432. The van der Waals surface area contributed by atoms with Crippen LogP contribution in [0.5, 0.6) is 11.5 Å². The van der Waals surface area contributed by atoms with E-state index in [1.807, 2.05) is 12.1 Å². The fourth-order valence-electron chi connectivity index (χ4n) is 2.87. The molecule has 1 N–H and O–H groups in total. The van der Waals surface area contributed by atoms with E-state index in [1.54, 1.807) is 13.2 Å². The number of aliphatic carboxylic acids is 1. The van der Waals surface area contributed by atoms with E-state index < -0.39 is 11.4 Å². The lowest BCUT2D eigenvalue weighted by Crippen LogP contribution is -2.29. The molecule has 1 saturated carbocycles. The molecule has 1 saturated heterocycles. The third kappa shape index (κ3) is 2.58. The van der Waals surface area contributed by atoms with Crippen LogP contribution in [0.2, 0.25) is 0 Å². The Morgan fingerprint density at radius 2 is 2.24 bits per heavy atom. The zero-order valence-electron chi connectivity index (χ0n) is 12.1. The van der Waals surface area contributed by atoms with Crippen LogP contribution in [0.3, 0.4) is 0 Å². The van der Waals surface area contributed by atoms with Crippen molar-refractivity contribution in [2.75, 3.05) is 20.3 Å². The molecule has 0 aromatic heterocycles. The first-order valence-corrected chi connectivity index (χ1v) is 7.32. The van der Waals surface area contributed by atoms with E-state index in [9.17, 15) is 9.90 Å². The summed E-state index contributed by atoms with van der Waals surface area (Å²) in [6.45, 7) is 1.30. The van der Waals surface area contributed by atoms with E-state index in [0.29, 0.717) is 30.9 Å². The van der Waals surface area contributed by atoms with Gasteiger partial charge in [0.05, 0.1) is 19.1 Å². The van der Waals surface area contributed by atoms with Crippen LogP contribution in [0.1, 0.15) is 31.2 Å². The highest BCUT2D eigenvalue weighted by molar-refractivity contribution is 5.86. The lowest BCUT2D eigenvalue weighted by Gasteiger charge is -2.26. The van der Waals surface area contributed by atoms with Crippen molar-refractivity contribution >= 4 is 5.97 Å². The summed E-state index contributed by atoms with van der Waals surface area (Å²) in [5, 5.41) is 9.53. The molecule has 0 radical (unpaired) electrons. The van der Waals surface area contributed by atoms with Gasteiger partial charge in [-0.05, 0) is 31.7 Å². The van der Waals surface area contributed by atoms with E-state index in [0.717, 1.165) is 25.0 Å². The van der Waals surface area contributed by atoms with E-state index >= 15 is 0 Å². The van der Waals surface area contributed by atoms with Gasteiger partial charge in [0.1, 0.15) is 6.10 Å². The molecule has 3 rings (SSSR count). The van der Waals surface area contributed by atoms with Gasteiger partial charge >= 0.3 is 5.97 Å². The molecule has 2 fully saturated rings. The Kier molecular flexibility index (Phi) is 3.76. The van der Waals surface area contributed by atoms with Crippen molar-refractivity contribution in [3.8, 4) is 11.5 Å². The Labute approximate surface area is 123 Å². The van der Waals surface area contributed by atoms with Crippen molar-refractivity contribution < 1.29 is 24.1 Å². The largest absolute Gasteiger partial charge is 0.493 e. The maximum atomic E-state index is 11.6. The number of para-hydroxylation sites is 1. The number of hydrogen-bond donors (Lipinski definition) is 1. The second-order valence-corrected chi connectivity index (χ2v) is 5.68. The number of ether oxygens (including phenoxy) is 3. The highest BCUT2D eigenvalue weighted by atomic mass is 16.5. The van der Waals surface area contributed by atoms with Crippen LogP contribution < -0.4 is 9.47 Å². The van der Waals surface area contributed by atoms with Crippen LogP contribution in [0, 0.1) is 0 Å². The smallest absolute Gasteiger partial charge is 0.314 e. The molecule has 0 bridgehead atoms. The molecule has 0 spiro atoms. The Balaban J connectivity index is 1.94. The third-order valence-corrected chi connectivity index (χ3v) is 4.28. The van der Waals surface area contributed by atoms with Gasteiger partial charge in [0, 0.05) is 12.2 Å². The molecule has 21 heavy (non-hydrogen) atoms. The van der Waals surface area contributed by atoms with Gasteiger partial charge in [0.15, 0.2) is 11.5 Å². The molecular formula is C16H20O5. The fourth-order valence-corrected chi connectivity index (χ4v) is 2.87. The van der Waals surface area contributed by atoms with Crippen molar-refractivity contribution in [1.82, 2.24) is 0 Å². The minimum Gasteiger partial charge on any atom is -0.493 e. The van der Waals surface area contributed by atoms with Crippen molar-refractivity contribution in [3.63, 3.8) is 0 Å². The van der Waals surface area contributed by atoms with Gasteiger partial charge in [-0.2, -0.15) is 0 Å². The third-order valence-electron chi connectivity index (χ3n) is 4.28. The highest BCUT2D eigenvalue weighted by Crippen LogP contribution is 2.53. The van der Waals surface area contributed by atoms with Gasteiger partial charge in [-0.3, -0.25) is 4.79 Å². The summed E-state index contributed by atoms with van der Waals surface area (Å²) in [4.78, 5) is 11.6. The molecule has 1 aliphatic carbocycles. The molecule has 114 valence electrons. The summed E-state index contributed by atoms with van der Waals surface area (Å²) >= 11 is 0. The van der Waals surface area contributed by atoms with Crippen LogP contribution in [0.4, 0.5) is 0 Å². The van der Waals surface area contributed by atoms with Gasteiger partial charge in [0.2, 0.25) is 0 Å². The Morgan fingerprint density at radius 1 is 1.43 bits per heavy atom. The Morgan fingerprint density at radius 3 is 2.81 bits per heavy atom. The SMILES string of the molecule is COc1cccc(C2(C(=O)O)CC2)c1OC1CCCOC1. The molecule has 1 unspecified atom stereocenters. The monoisotopic (exact) mass is 292 g/mol. The van der Waals surface area contributed by atoms with E-state index in [4.69, 9.17) is 14.2 Å². The standard InChI is InChI=1S/C16H20O5/c1-19-13-6-2-5-12(16(7-8-16)15(17)18)14(13)21-11-4-3-9-20-10-11/h2,5-6,11H,3-4,7-10H2,1H3,(H,17,18). The van der Waals surface area contributed by atoms with Crippen LogP contribution in [-0.4, -0.2) is 37.5 Å². The normalized spacial score (nSPS) is 23.4. The first-order chi connectivity index (χ1) is 10.2. The number of carboxylic acid groups (broad SMARTS) is 1. The van der Waals surface area contributed by atoms with Crippen molar-refractivity contribution in [2.24, 2.45) is 0 Å². The van der Waals surface area contributed by atoms with E-state index in [2.05, 4.69) is 0 Å². The zero-order chi connectivity index (χ0) is 14.9. The maximum absolute atomic E-state index is 11.6. The first-order valence-electron chi connectivity index (χ1n) is 7.32. The van der Waals surface area contributed by atoms with Crippen molar-refractivity contribution in [3.05, 3.63) is 23.8 Å². The molecule has 2 aliphatic rings. The average Bonchev–Trinajstić information content (AvgIpc) is 3.30. The average molecular weight is 292 g/mol. The van der Waals surface area contributed by atoms with Crippen LogP contribution in [0.15, 0.2) is 18.2 Å². The molecular weight excluding hydrogens is 272 g/mol. The maximum Gasteiger partial charge on any atom is 0.314 e. The van der Waals surface area contributed by atoms with Crippen LogP contribution >= 0.6 is 0 Å². The second kappa shape index (κ2) is 5.56.